The van der Waals surface area contributed by atoms with Crippen LogP contribution in [0.1, 0.15) is 42.6 Å². The molecule has 1 aromatic rings. The Bertz CT molecular complexity index is 468. The van der Waals surface area contributed by atoms with E-state index in [2.05, 4.69) is 20.8 Å². The largest absolute Gasteiger partial charge is 0.345 e. The summed E-state index contributed by atoms with van der Waals surface area (Å²) >= 11 is 3.44. The number of amides is 1. The van der Waals surface area contributed by atoms with Crippen molar-refractivity contribution < 1.29 is 4.79 Å². The Morgan fingerprint density at radius 3 is 2.83 bits per heavy atom. The zero-order valence-electron chi connectivity index (χ0n) is 10.7. The molecular weight excluding hydrogens is 292 g/mol. The van der Waals surface area contributed by atoms with E-state index in [0.717, 1.165) is 22.6 Å². The number of aromatic nitrogens is 1. The third-order valence-corrected chi connectivity index (χ3v) is 4.90. The van der Waals surface area contributed by atoms with Gasteiger partial charge in [-0.3, -0.25) is 4.79 Å². The lowest BCUT2D eigenvalue weighted by molar-refractivity contribution is 0.0680. The number of rotatable bonds is 1. The van der Waals surface area contributed by atoms with Gasteiger partial charge in [0.15, 0.2) is 0 Å². The van der Waals surface area contributed by atoms with Gasteiger partial charge in [-0.2, -0.15) is 0 Å². The molecule has 0 bridgehead atoms. The van der Waals surface area contributed by atoms with Crippen molar-refractivity contribution in [3.63, 3.8) is 0 Å². The van der Waals surface area contributed by atoms with Gasteiger partial charge in [0.05, 0.1) is 0 Å². The third-order valence-electron chi connectivity index (χ3n) is 4.46. The van der Waals surface area contributed by atoms with Crippen LogP contribution in [-0.2, 0) is 7.05 Å². The fourth-order valence-corrected chi connectivity index (χ4v) is 4.07. The fourth-order valence-electron chi connectivity index (χ4n) is 3.54. The van der Waals surface area contributed by atoms with E-state index < -0.39 is 0 Å². The second-order valence-electron chi connectivity index (χ2n) is 5.55. The van der Waals surface area contributed by atoms with Gasteiger partial charge >= 0.3 is 0 Å². The van der Waals surface area contributed by atoms with Gasteiger partial charge in [-0.15, -0.1) is 0 Å². The van der Waals surface area contributed by atoms with Crippen molar-refractivity contribution >= 4 is 21.8 Å². The van der Waals surface area contributed by atoms with E-state index >= 15 is 0 Å². The monoisotopic (exact) mass is 310 g/mol. The average Bonchev–Trinajstić information content (AvgIpc) is 2.92. The minimum Gasteiger partial charge on any atom is -0.345 e. The molecule has 1 saturated heterocycles. The minimum atomic E-state index is 0.206. The van der Waals surface area contributed by atoms with Crippen molar-refractivity contribution in [1.29, 1.82) is 0 Å². The quantitative estimate of drug-likeness (QED) is 0.782. The molecule has 1 amide bonds. The topological polar surface area (TPSA) is 25.2 Å². The molecule has 98 valence electrons. The van der Waals surface area contributed by atoms with Crippen LogP contribution in [0.3, 0.4) is 0 Å². The maximum Gasteiger partial charge on any atom is 0.270 e. The Balaban J connectivity index is 1.82. The highest BCUT2D eigenvalue weighted by atomic mass is 79.9. The molecule has 2 heterocycles. The maximum atomic E-state index is 12.6. The molecule has 1 aromatic heterocycles. The molecule has 4 heteroatoms. The van der Waals surface area contributed by atoms with Crippen molar-refractivity contribution in [3.8, 4) is 0 Å². The highest BCUT2D eigenvalue weighted by molar-refractivity contribution is 9.10. The second-order valence-corrected chi connectivity index (χ2v) is 6.47. The molecule has 18 heavy (non-hydrogen) atoms. The number of nitrogens with zero attached hydrogens (tertiary/aromatic N) is 2. The second kappa shape index (κ2) is 4.72. The zero-order valence-corrected chi connectivity index (χ0v) is 12.3. The van der Waals surface area contributed by atoms with Crippen LogP contribution < -0.4 is 0 Å². The van der Waals surface area contributed by atoms with Gasteiger partial charge in [-0.25, -0.2) is 0 Å². The van der Waals surface area contributed by atoms with E-state index in [1.807, 2.05) is 23.9 Å². The summed E-state index contributed by atoms with van der Waals surface area (Å²) in [5, 5.41) is 0. The van der Waals surface area contributed by atoms with Crippen LogP contribution in [0.25, 0.3) is 0 Å². The van der Waals surface area contributed by atoms with Gasteiger partial charge in [0.25, 0.3) is 5.91 Å². The lowest BCUT2D eigenvalue weighted by Gasteiger charge is -2.31. The molecule has 1 aliphatic carbocycles. The zero-order chi connectivity index (χ0) is 12.7. The van der Waals surface area contributed by atoms with E-state index in [-0.39, 0.29) is 5.91 Å². The summed E-state index contributed by atoms with van der Waals surface area (Å²) in [6.45, 7) is 0.941. The molecule has 2 unspecified atom stereocenters. The van der Waals surface area contributed by atoms with Crippen molar-refractivity contribution in [2.45, 2.75) is 38.1 Å². The summed E-state index contributed by atoms with van der Waals surface area (Å²) in [7, 11) is 1.94. The van der Waals surface area contributed by atoms with E-state index in [4.69, 9.17) is 0 Å². The maximum absolute atomic E-state index is 12.6. The summed E-state index contributed by atoms with van der Waals surface area (Å²) in [6, 6.07) is 2.43. The number of aryl methyl sites for hydroxylation is 1. The van der Waals surface area contributed by atoms with Crippen LogP contribution in [0, 0.1) is 5.92 Å². The summed E-state index contributed by atoms with van der Waals surface area (Å²) < 4.78 is 2.90. The van der Waals surface area contributed by atoms with Gasteiger partial charge in [0.2, 0.25) is 0 Å². The molecule has 1 aliphatic heterocycles. The first-order valence-electron chi connectivity index (χ1n) is 6.79. The molecule has 0 radical (unpaired) electrons. The Kier molecular flexibility index (Phi) is 3.22. The van der Waals surface area contributed by atoms with Crippen molar-refractivity contribution in [3.05, 3.63) is 22.4 Å². The van der Waals surface area contributed by atoms with Crippen molar-refractivity contribution in [1.82, 2.24) is 9.47 Å². The van der Waals surface area contributed by atoms with Crippen LogP contribution in [0.2, 0.25) is 0 Å². The molecule has 2 atom stereocenters. The number of hydrogen-bond acceptors (Lipinski definition) is 1. The lowest BCUT2D eigenvalue weighted by Crippen LogP contribution is -2.39. The molecular formula is C14H19BrN2O. The highest BCUT2D eigenvalue weighted by Gasteiger charge is 2.38. The first-order valence-corrected chi connectivity index (χ1v) is 7.59. The van der Waals surface area contributed by atoms with Gasteiger partial charge in [0.1, 0.15) is 5.69 Å². The fraction of sp³-hybridized carbons (Fsp3) is 0.643. The smallest absolute Gasteiger partial charge is 0.270 e. The van der Waals surface area contributed by atoms with Crippen LogP contribution >= 0.6 is 15.9 Å². The number of carbonyl (C=O) groups excluding carboxylic acids is 1. The van der Waals surface area contributed by atoms with E-state index in [1.165, 1.54) is 32.1 Å². The standard InChI is InChI=1S/C14H19BrN2O/c1-16-9-11(15)8-13(16)14(18)17-7-6-10-4-2-3-5-12(10)17/h8-10,12H,2-7H2,1H3. The van der Waals surface area contributed by atoms with Gasteiger partial charge in [-0.05, 0) is 47.2 Å². The third kappa shape index (κ3) is 2.00. The molecule has 1 saturated carbocycles. The number of hydrogen-bond donors (Lipinski definition) is 0. The summed E-state index contributed by atoms with van der Waals surface area (Å²) in [5.74, 6) is 0.962. The van der Waals surface area contributed by atoms with Gasteiger partial charge < -0.3 is 9.47 Å². The summed E-state index contributed by atoms with van der Waals surface area (Å²) in [5.41, 5.74) is 0.799. The minimum absolute atomic E-state index is 0.206. The lowest BCUT2D eigenvalue weighted by atomic mass is 9.85. The molecule has 2 aliphatic rings. The van der Waals surface area contributed by atoms with Gasteiger partial charge in [0, 0.05) is 30.3 Å². The summed E-state index contributed by atoms with van der Waals surface area (Å²) in [4.78, 5) is 14.7. The highest BCUT2D eigenvalue weighted by Crippen LogP contribution is 2.37. The SMILES string of the molecule is Cn1cc(Br)cc1C(=O)N1CCC2CCCCC21. The van der Waals surface area contributed by atoms with Crippen LogP contribution in [-0.4, -0.2) is 28.0 Å². The van der Waals surface area contributed by atoms with Crippen LogP contribution in [0.15, 0.2) is 16.7 Å². The molecule has 0 N–H and O–H groups in total. The molecule has 3 nitrogen and oxygen atoms in total. The van der Waals surface area contributed by atoms with E-state index in [1.54, 1.807) is 0 Å². The molecule has 2 fully saturated rings. The predicted octanol–water partition coefficient (Wildman–Crippen LogP) is 3.19. The first kappa shape index (κ1) is 12.3. The van der Waals surface area contributed by atoms with Gasteiger partial charge in [-0.1, -0.05) is 12.8 Å². The molecule has 0 aromatic carbocycles. The first-order chi connectivity index (χ1) is 8.66. The summed E-state index contributed by atoms with van der Waals surface area (Å²) in [6.07, 6.45) is 8.28. The Labute approximate surface area is 116 Å². The molecule has 0 spiro atoms. The number of fused-ring (bicyclic) bond motifs is 1. The Morgan fingerprint density at radius 2 is 2.11 bits per heavy atom. The van der Waals surface area contributed by atoms with Crippen molar-refractivity contribution in [2.24, 2.45) is 13.0 Å². The van der Waals surface area contributed by atoms with Crippen LogP contribution in [0.4, 0.5) is 0 Å². The van der Waals surface area contributed by atoms with Crippen LogP contribution in [0.5, 0.6) is 0 Å². The number of likely N-dealkylation sites (tertiary alicyclic amines) is 1. The Morgan fingerprint density at radius 1 is 1.33 bits per heavy atom. The average molecular weight is 311 g/mol. The Hall–Kier alpha value is -0.770. The normalized spacial score (nSPS) is 27.3. The predicted molar refractivity (Wildman–Crippen MR) is 74.5 cm³/mol. The molecule has 3 rings (SSSR count). The van der Waals surface area contributed by atoms with E-state index in [9.17, 15) is 4.79 Å². The number of halogens is 1. The number of carbonyl (C=O) groups is 1. The van der Waals surface area contributed by atoms with E-state index in [0.29, 0.717) is 6.04 Å². The van der Waals surface area contributed by atoms with Crippen molar-refractivity contribution in [2.75, 3.05) is 6.54 Å².